The summed E-state index contributed by atoms with van der Waals surface area (Å²) in [5.74, 6) is -0.0648. The molecule has 1 aromatic heterocycles. The van der Waals surface area contributed by atoms with Crippen LogP contribution in [0.3, 0.4) is 0 Å². The molecule has 6 heteroatoms. The van der Waals surface area contributed by atoms with Gasteiger partial charge in [-0.2, -0.15) is 0 Å². The van der Waals surface area contributed by atoms with Gasteiger partial charge in [0, 0.05) is 19.4 Å². The van der Waals surface area contributed by atoms with Gasteiger partial charge >= 0.3 is 0 Å². The lowest BCUT2D eigenvalue weighted by Gasteiger charge is -2.28. The molecular formula is C12H21ClN4O. The van der Waals surface area contributed by atoms with Crippen molar-refractivity contribution in [2.45, 2.75) is 38.8 Å². The maximum atomic E-state index is 12.1. The molecule has 5 nitrogen and oxygen atoms in total. The molecule has 2 N–H and O–H groups in total. The summed E-state index contributed by atoms with van der Waals surface area (Å²) in [6.07, 6.45) is 6.43. The third kappa shape index (κ3) is 4.58. The second-order valence-corrected chi connectivity index (χ2v) is 4.53. The second kappa shape index (κ2) is 7.28. The summed E-state index contributed by atoms with van der Waals surface area (Å²) < 4.78 is 0. The van der Waals surface area contributed by atoms with Crippen molar-refractivity contribution >= 4 is 18.3 Å². The second-order valence-electron chi connectivity index (χ2n) is 4.53. The van der Waals surface area contributed by atoms with E-state index in [2.05, 4.69) is 9.97 Å². The molecule has 1 atom stereocenters. The zero-order valence-corrected chi connectivity index (χ0v) is 11.9. The van der Waals surface area contributed by atoms with Gasteiger partial charge in [-0.3, -0.25) is 14.8 Å². The minimum atomic E-state index is -0.800. The van der Waals surface area contributed by atoms with Crippen molar-refractivity contribution in [2.24, 2.45) is 5.73 Å². The predicted octanol–water partition coefficient (Wildman–Crippen LogP) is 1.37. The van der Waals surface area contributed by atoms with E-state index in [1.54, 1.807) is 37.5 Å². The maximum Gasteiger partial charge on any atom is 0.242 e. The summed E-state index contributed by atoms with van der Waals surface area (Å²) in [4.78, 5) is 21.8. The van der Waals surface area contributed by atoms with E-state index >= 15 is 0 Å². The molecule has 0 bridgehead atoms. The quantitative estimate of drug-likeness (QED) is 0.879. The number of aromatic nitrogens is 2. The summed E-state index contributed by atoms with van der Waals surface area (Å²) in [6.45, 7) is 4.22. The third-order valence-corrected chi connectivity index (χ3v) is 2.62. The molecule has 102 valence electrons. The molecule has 18 heavy (non-hydrogen) atoms. The number of amides is 1. The van der Waals surface area contributed by atoms with Gasteiger partial charge in [-0.05, 0) is 13.3 Å². The number of carbonyl (C=O) groups is 1. The van der Waals surface area contributed by atoms with Crippen LogP contribution in [0.4, 0.5) is 0 Å². The molecule has 0 aliphatic heterocycles. The molecule has 1 heterocycles. The first kappa shape index (κ1) is 16.8. The van der Waals surface area contributed by atoms with Crippen molar-refractivity contribution in [3.05, 3.63) is 24.3 Å². The van der Waals surface area contributed by atoms with Crippen molar-refractivity contribution < 1.29 is 4.79 Å². The van der Waals surface area contributed by atoms with Crippen molar-refractivity contribution in [1.82, 2.24) is 14.9 Å². The highest BCUT2D eigenvalue weighted by Gasteiger charge is 2.30. The van der Waals surface area contributed by atoms with Gasteiger partial charge in [0.05, 0.1) is 24.0 Å². The van der Waals surface area contributed by atoms with Crippen LogP contribution in [0, 0.1) is 0 Å². The molecular weight excluding hydrogens is 252 g/mol. The topological polar surface area (TPSA) is 72.1 Å². The normalized spacial score (nSPS) is 13.3. The number of likely N-dealkylation sites (N-methyl/N-ethyl adjacent to an activating group) is 1. The Morgan fingerprint density at radius 2 is 2.17 bits per heavy atom. The van der Waals surface area contributed by atoms with Gasteiger partial charge < -0.3 is 10.6 Å². The van der Waals surface area contributed by atoms with E-state index < -0.39 is 5.54 Å². The Bertz CT molecular complexity index is 370. The number of hydrogen-bond donors (Lipinski definition) is 1. The Labute approximate surface area is 114 Å². The zero-order chi connectivity index (χ0) is 12.9. The molecule has 0 aromatic carbocycles. The standard InChI is InChI=1S/C12H20N4O.ClH/c1-4-5-12(2,13)11(17)16(3)9-10-8-14-6-7-15-10;/h6-8H,4-5,9,13H2,1-3H3;1H. The minimum absolute atomic E-state index is 0. The highest BCUT2D eigenvalue weighted by Crippen LogP contribution is 2.13. The number of rotatable bonds is 5. The summed E-state index contributed by atoms with van der Waals surface area (Å²) >= 11 is 0. The van der Waals surface area contributed by atoms with E-state index in [0.717, 1.165) is 12.1 Å². The molecule has 1 rings (SSSR count). The van der Waals surface area contributed by atoms with Gasteiger partial charge in [0.1, 0.15) is 0 Å². The van der Waals surface area contributed by atoms with Crippen LogP contribution in [0.2, 0.25) is 0 Å². The molecule has 0 aliphatic rings. The lowest BCUT2D eigenvalue weighted by Crippen LogP contribution is -2.51. The fraction of sp³-hybridized carbons (Fsp3) is 0.583. The van der Waals surface area contributed by atoms with E-state index in [9.17, 15) is 4.79 Å². The molecule has 0 aliphatic carbocycles. The first-order valence-electron chi connectivity index (χ1n) is 5.76. The Balaban J connectivity index is 0.00000289. The molecule has 0 fully saturated rings. The van der Waals surface area contributed by atoms with E-state index in [4.69, 9.17) is 5.73 Å². The van der Waals surface area contributed by atoms with Crippen LogP contribution in [-0.4, -0.2) is 33.4 Å². The van der Waals surface area contributed by atoms with Crippen molar-refractivity contribution in [1.29, 1.82) is 0 Å². The van der Waals surface area contributed by atoms with Crippen molar-refractivity contribution in [3.8, 4) is 0 Å². The molecule has 1 unspecified atom stereocenters. The van der Waals surface area contributed by atoms with Gasteiger partial charge in [0.15, 0.2) is 0 Å². The largest absolute Gasteiger partial charge is 0.338 e. The fourth-order valence-corrected chi connectivity index (χ4v) is 1.79. The van der Waals surface area contributed by atoms with Crippen LogP contribution in [0.5, 0.6) is 0 Å². The van der Waals surface area contributed by atoms with Gasteiger partial charge in [-0.15, -0.1) is 12.4 Å². The van der Waals surface area contributed by atoms with Gasteiger partial charge in [-0.25, -0.2) is 0 Å². The van der Waals surface area contributed by atoms with Gasteiger partial charge in [0.25, 0.3) is 0 Å². The average molecular weight is 273 g/mol. The average Bonchev–Trinajstić information content (AvgIpc) is 2.29. The van der Waals surface area contributed by atoms with Crippen LogP contribution in [0.1, 0.15) is 32.4 Å². The fourth-order valence-electron chi connectivity index (χ4n) is 1.79. The Morgan fingerprint density at radius 3 is 2.67 bits per heavy atom. The van der Waals surface area contributed by atoms with E-state index in [1.807, 2.05) is 6.92 Å². The number of nitrogens with two attached hydrogens (primary N) is 1. The first-order valence-corrected chi connectivity index (χ1v) is 5.76. The van der Waals surface area contributed by atoms with Crippen molar-refractivity contribution in [3.63, 3.8) is 0 Å². The monoisotopic (exact) mass is 272 g/mol. The lowest BCUT2D eigenvalue weighted by atomic mass is 9.96. The summed E-state index contributed by atoms with van der Waals surface area (Å²) in [5, 5.41) is 0. The molecule has 0 radical (unpaired) electrons. The smallest absolute Gasteiger partial charge is 0.242 e. The number of nitrogens with zero attached hydrogens (tertiary/aromatic N) is 3. The number of hydrogen-bond acceptors (Lipinski definition) is 4. The van der Waals surface area contributed by atoms with Gasteiger partial charge in [0.2, 0.25) is 5.91 Å². The molecule has 0 spiro atoms. The zero-order valence-electron chi connectivity index (χ0n) is 11.1. The lowest BCUT2D eigenvalue weighted by molar-refractivity contribution is -0.135. The summed E-state index contributed by atoms with van der Waals surface area (Å²) in [7, 11) is 1.73. The van der Waals surface area contributed by atoms with E-state index in [1.165, 1.54) is 0 Å². The van der Waals surface area contributed by atoms with E-state index in [-0.39, 0.29) is 18.3 Å². The summed E-state index contributed by atoms with van der Waals surface area (Å²) in [5.41, 5.74) is 5.96. The van der Waals surface area contributed by atoms with Crippen LogP contribution in [0.15, 0.2) is 18.6 Å². The van der Waals surface area contributed by atoms with Gasteiger partial charge in [-0.1, -0.05) is 13.3 Å². The third-order valence-electron chi connectivity index (χ3n) is 2.62. The van der Waals surface area contributed by atoms with Crippen molar-refractivity contribution in [2.75, 3.05) is 7.05 Å². The Morgan fingerprint density at radius 1 is 1.50 bits per heavy atom. The molecule has 1 amide bonds. The first-order chi connectivity index (χ1) is 7.97. The highest BCUT2D eigenvalue weighted by molar-refractivity contribution is 5.85. The minimum Gasteiger partial charge on any atom is -0.338 e. The molecule has 0 saturated heterocycles. The maximum absolute atomic E-state index is 12.1. The predicted molar refractivity (Wildman–Crippen MR) is 73.3 cm³/mol. The van der Waals surface area contributed by atoms with Crippen LogP contribution >= 0.6 is 12.4 Å². The number of halogens is 1. The molecule has 0 saturated carbocycles. The van der Waals surface area contributed by atoms with E-state index in [0.29, 0.717) is 13.0 Å². The van der Waals surface area contributed by atoms with Crippen LogP contribution in [0.25, 0.3) is 0 Å². The number of carbonyl (C=O) groups excluding carboxylic acids is 1. The van der Waals surface area contributed by atoms with Crippen LogP contribution < -0.4 is 5.73 Å². The summed E-state index contributed by atoms with van der Waals surface area (Å²) in [6, 6.07) is 0. The SMILES string of the molecule is CCCC(C)(N)C(=O)N(C)Cc1cnccn1.Cl. The molecule has 1 aromatic rings. The highest BCUT2D eigenvalue weighted by atomic mass is 35.5. The van der Waals surface area contributed by atoms with Crippen LogP contribution in [-0.2, 0) is 11.3 Å². The Hall–Kier alpha value is -1.20. The Kier molecular flexibility index (Phi) is 6.80.